The zero-order valence-electron chi connectivity index (χ0n) is 18.3. The van der Waals surface area contributed by atoms with E-state index in [0.717, 1.165) is 37.0 Å². The number of carbonyl (C=O) groups is 3. The molecule has 2 aliphatic rings. The Balaban J connectivity index is 1.76. The van der Waals surface area contributed by atoms with E-state index in [-0.39, 0.29) is 42.3 Å². The number of hydrogen-bond acceptors (Lipinski definition) is 3. The first-order valence-corrected chi connectivity index (χ1v) is 11.2. The second-order valence-corrected chi connectivity index (χ2v) is 8.54. The van der Waals surface area contributed by atoms with Gasteiger partial charge in [-0.3, -0.25) is 14.4 Å². The van der Waals surface area contributed by atoms with Crippen LogP contribution >= 0.6 is 0 Å². The van der Waals surface area contributed by atoms with Crippen LogP contribution in [0, 0.1) is 17.6 Å². The average molecular weight is 456 g/mol. The predicted molar refractivity (Wildman–Crippen MR) is 118 cm³/mol. The van der Waals surface area contributed by atoms with Crippen molar-refractivity contribution in [1.29, 1.82) is 0 Å². The maximum Gasteiger partial charge on any atom is 0.303 e. The Morgan fingerprint density at radius 1 is 1.06 bits per heavy atom. The number of hydrogen-bond donors (Lipinski definition) is 1. The molecule has 33 heavy (non-hydrogen) atoms. The van der Waals surface area contributed by atoms with E-state index >= 15 is 0 Å². The van der Waals surface area contributed by atoms with Crippen LogP contribution in [-0.2, 0) is 9.59 Å². The highest BCUT2D eigenvalue weighted by Gasteiger charge is 2.48. The maximum atomic E-state index is 13.9. The van der Waals surface area contributed by atoms with Crippen LogP contribution in [0.1, 0.15) is 61.0 Å². The number of aliphatic carboxylic acids is 1. The minimum Gasteiger partial charge on any atom is -0.481 e. The molecule has 2 aromatic carbocycles. The molecule has 174 valence electrons. The van der Waals surface area contributed by atoms with Gasteiger partial charge in [0, 0.05) is 36.2 Å². The summed E-state index contributed by atoms with van der Waals surface area (Å²) in [4.78, 5) is 40.9. The van der Waals surface area contributed by atoms with Crippen LogP contribution in [0.2, 0.25) is 0 Å². The Labute approximate surface area is 190 Å². The van der Waals surface area contributed by atoms with Gasteiger partial charge in [-0.1, -0.05) is 24.6 Å². The quantitative estimate of drug-likeness (QED) is 0.692. The summed E-state index contributed by atoms with van der Waals surface area (Å²) in [7, 11) is 0. The fraction of sp³-hybridized carbons (Fsp3) is 0.400. The van der Waals surface area contributed by atoms with Crippen LogP contribution in [0.3, 0.4) is 0 Å². The van der Waals surface area contributed by atoms with E-state index in [0.29, 0.717) is 12.2 Å². The SMILES string of the molecule is CCN(C(=O)CCC(=O)O)C1c2ccccc2N(C(=O)c2ccc(F)c(F)c2)C2CCCC12. The van der Waals surface area contributed by atoms with Gasteiger partial charge in [0.25, 0.3) is 5.91 Å². The van der Waals surface area contributed by atoms with Gasteiger partial charge in [0.05, 0.1) is 12.5 Å². The number of benzene rings is 2. The molecule has 4 rings (SSSR count). The van der Waals surface area contributed by atoms with Crippen molar-refractivity contribution in [1.82, 2.24) is 4.90 Å². The largest absolute Gasteiger partial charge is 0.481 e. The molecule has 0 bridgehead atoms. The molecule has 0 radical (unpaired) electrons. The van der Waals surface area contributed by atoms with Gasteiger partial charge in [-0.25, -0.2) is 8.78 Å². The lowest BCUT2D eigenvalue weighted by Gasteiger charge is -2.47. The van der Waals surface area contributed by atoms with Crippen molar-refractivity contribution in [2.75, 3.05) is 11.4 Å². The van der Waals surface area contributed by atoms with Crippen LogP contribution in [0.5, 0.6) is 0 Å². The molecular formula is C25H26F2N2O4. The Kier molecular flexibility index (Phi) is 6.44. The van der Waals surface area contributed by atoms with E-state index in [1.807, 2.05) is 25.1 Å². The number of para-hydroxylation sites is 1. The van der Waals surface area contributed by atoms with Gasteiger partial charge in [0.1, 0.15) is 0 Å². The molecule has 0 aromatic heterocycles. The van der Waals surface area contributed by atoms with Gasteiger partial charge in [-0.15, -0.1) is 0 Å². The van der Waals surface area contributed by atoms with Crippen molar-refractivity contribution in [3.63, 3.8) is 0 Å². The number of amides is 2. The van der Waals surface area contributed by atoms with E-state index in [4.69, 9.17) is 5.11 Å². The lowest BCUT2D eigenvalue weighted by atomic mass is 9.81. The summed E-state index contributed by atoms with van der Waals surface area (Å²) in [5.74, 6) is -3.79. The molecule has 8 heteroatoms. The second-order valence-electron chi connectivity index (χ2n) is 8.54. The van der Waals surface area contributed by atoms with Crippen LogP contribution in [-0.4, -0.2) is 40.4 Å². The van der Waals surface area contributed by atoms with Gasteiger partial charge in [-0.05, 0) is 49.6 Å². The minimum atomic E-state index is -1.08. The molecule has 1 N–H and O–H groups in total. The first-order chi connectivity index (χ1) is 15.8. The summed E-state index contributed by atoms with van der Waals surface area (Å²) >= 11 is 0. The summed E-state index contributed by atoms with van der Waals surface area (Å²) in [6.07, 6.45) is 2.07. The number of carbonyl (C=O) groups excluding carboxylic acids is 2. The lowest BCUT2D eigenvalue weighted by molar-refractivity contribution is -0.142. The maximum absolute atomic E-state index is 13.9. The van der Waals surface area contributed by atoms with Gasteiger partial charge < -0.3 is 14.9 Å². The monoisotopic (exact) mass is 456 g/mol. The van der Waals surface area contributed by atoms with Crippen molar-refractivity contribution in [3.05, 3.63) is 65.2 Å². The number of rotatable bonds is 6. The van der Waals surface area contributed by atoms with Crippen molar-refractivity contribution in [2.24, 2.45) is 5.92 Å². The highest BCUT2D eigenvalue weighted by atomic mass is 19.2. The molecule has 1 aliphatic carbocycles. The zero-order valence-corrected chi connectivity index (χ0v) is 18.3. The Bertz CT molecular complexity index is 1090. The number of anilines is 1. The van der Waals surface area contributed by atoms with Crippen molar-refractivity contribution < 1.29 is 28.3 Å². The molecule has 2 amide bonds. The summed E-state index contributed by atoms with van der Waals surface area (Å²) in [6, 6.07) is 10.0. The topological polar surface area (TPSA) is 77.9 Å². The number of fused-ring (bicyclic) bond motifs is 2. The van der Waals surface area contributed by atoms with Gasteiger partial charge in [0.15, 0.2) is 11.6 Å². The third-order valence-electron chi connectivity index (χ3n) is 6.72. The van der Waals surface area contributed by atoms with Crippen molar-refractivity contribution in [3.8, 4) is 0 Å². The third kappa shape index (κ3) is 4.21. The minimum absolute atomic E-state index is 0.0390. The Hall–Kier alpha value is -3.29. The number of carboxylic acid groups (broad SMARTS) is 1. The molecule has 1 aliphatic heterocycles. The third-order valence-corrected chi connectivity index (χ3v) is 6.72. The van der Waals surface area contributed by atoms with Crippen molar-refractivity contribution >= 4 is 23.5 Å². The standard InChI is InChI=1S/C25H26F2N2O4/c1-2-28(22(30)12-13-23(31)32)24-16-6-3-4-8-20(16)29(21-9-5-7-17(21)24)25(33)15-10-11-18(26)19(27)14-15/h3-4,6,8,10-11,14,17,21,24H,2,5,7,9,12-13H2,1H3,(H,31,32). The highest BCUT2D eigenvalue weighted by Crippen LogP contribution is 2.50. The van der Waals surface area contributed by atoms with E-state index in [9.17, 15) is 23.2 Å². The van der Waals surface area contributed by atoms with Gasteiger partial charge >= 0.3 is 5.97 Å². The fourth-order valence-corrected chi connectivity index (χ4v) is 5.34. The van der Waals surface area contributed by atoms with Crippen LogP contribution in [0.4, 0.5) is 14.5 Å². The molecular weight excluding hydrogens is 430 g/mol. The van der Waals surface area contributed by atoms with E-state index in [1.54, 1.807) is 15.9 Å². The molecule has 3 atom stereocenters. The van der Waals surface area contributed by atoms with E-state index in [2.05, 4.69) is 0 Å². The Morgan fingerprint density at radius 2 is 1.82 bits per heavy atom. The van der Waals surface area contributed by atoms with Crippen LogP contribution in [0.25, 0.3) is 0 Å². The molecule has 0 spiro atoms. The average Bonchev–Trinajstić information content (AvgIpc) is 3.28. The zero-order chi connectivity index (χ0) is 23.7. The number of carboxylic acids is 1. The summed E-state index contributed by atoms with van der Waals surface area (Å²) in [5, 5.41) is 9.01. The smallest absolute Gasteiger partial charge is 0.303 e. The molecule has 6 nitrogen and oxygen atoms in total. The summed E-state index contributed by atoms with van der Waals surface area (Å²) in [6.45, 7) is 2.28. The van der Waals surface area contributed by atoms with E-state index in [1.165, 1.54) is 6.07 Å². The molecule has 1 heterocycles. The molecule has 1 fully saturated rings. The summed E-state index contributed by atoms with van der Waals surface area (Å²) < 4.78 is 27.3. The lowest BCUT2D eigenvalue weighted by Crippen LogP contribution is -2.52. The Morgan fingerprint density at radius 3 is 2.52 bits per heavy atom. The first-order valence-electron chi connectivity index (χ1n) is 11.2. The van der Waals surface area contributed by atoms with Crippen LogP contribution < -0.4 is 4.90 Å². The molecule has 1 saturated carbocycles. The first kappa shape index (κ1) is 22.9. The number of halogens is 2. The van der Waals surface area contributed by atoms with Gasteiger partial charge in [0.2, 0.25) is 5.91 Å². The van der Waals surface area contributed by atoms with Crippen molar-refractivity contribution in [2.45, 2.75) is 51.1 Å². The molecule has 0 saturated heterocycles. The van der Waals surface area contributed by atoms with Crippen LogP contribution in [0.15, 0.2) is 42.5 Å². The second kappa shape index (κ2) is 9.29. The van der Waals surface area contributed by atoms with E-state index < -0.39 is 23.5 Å². The predicted octanol–water partition coefficient (Wildman–Crippen LogP) is 4.55. The van der Waals surface area contributed by atoms with Gasteiger partial charge in [-0.2, -0.15) is 0 Å². The fourth-order valence-electron chi connectivity index (χ4n) is 5.34. The molecule has 3 unspecified atom stereocenters. The highest BCUT2D eigenvalue weighted by molar-refractivity contribution is 6.07. The molecule has 2 aromatic rings. The number of nitrogens with zero attached hydrogens (tertiary/aromatic N) is 2. The summed E-state index contributed by atoms with van der Waals surface area (Å²) in [5.41, 5.74) is 1.52. The normalized spacial score (nSPS) is 21.3.